The molecule has 0 bridgehead atoms. The summed E-state index contributed by atoms with van der Waals surface area (Å²) >= 11 is 1.58. The minimum atomic E-state index is -0.364. The lowest BCUT2D eigenvalue weighted by Gasteiger charge is -2.40. The van der Waals surface area contributed by atoms with Gasteiger partial charge in [0, 0.05) is 44.5 Å². The van der Waals surface area contributed by atoms with Crippen molar-refractivity contribution in [2.75, 3.05) is 32.7 Å². The average Bonchev–Trinajstić information content (AvgIpc) is 3.52. The summed E-state index contributed by atoms with van der Waals surface area (Å²) in [6.45, 7) is 4.79. The lowest BCUT2D eigenvalue weighted by atomic mass is 9.83. The van der Waals surface area contributed by atoms with Crippen molar-refractivity contribution in [3.8, 4) is 0 Å². The molecule has 2 saturated heterocycles. The second-order valence-corrected chi connectivity index (χ2v) is 9.52. The third-order valence-corrected chi connectivity index (χ3v) is 7.55. The Bertz CT molecular complexity index is 890. The van der Waals surface area contributed by atoms with Gasteiger partial charge in [-0.25, -0.2) is 9.37 Å². The SMILES string of the molecule is O=C(C(Cc1cscn1)CN1CCC2(CC1)OCc1ccc(F)cc12)N1CCCC1. The first-order valence-corrected chi connectivity index (χ1v) is 11.9. The Morgan fingerprint density at radius 2 is 2.03 bits per heavy atom. The summed E-state index contributed by atoms with van der Waals surface area (Å²) in [4.78, 5) is 22.0. The molecule has 5 nitrogen and oxygen atoms in total. The number of halogens is 1. The van der Waals surface area contributed by atoms with Crippen LogP contribution in [-0.4, -0.2) is 53.4 Å². The molecule has 5 rings (SSSR count). The summed E-state index contributed by atoms with van der Waals surface area (Å²) in [6, 6.07) is 5.02. The van der Waals surface area contributed by atoms with Gasteiger partial charge in [-0.05, 0) is 48.9 Å². The van der Waals surface area contributed by atoms with Crippen LogP contribution in [0.3, 0.4) is 0 Å². The number of rotatable bonds is 5. The van der Waals surface area contributed by atoms with E-state index in [9.17, 15) is 9.18 Å². The van der Waals surface area contributed by atoms with Crippen molar-refractivity contribution in [1.82, 2.24) is 14.8 Å². The van der Waals surface area contributed by atoms with Crippen molar-refractivity contribution in [1.29, 1.82) is 0 Å². The fourth-order valence-corrected chi connectivity index (χ4v) is 5.80. The van der Waals surface area contributed by atoms with E-state index in [4.69, 9.17) is 4.74 Å². The van der Waals surface area contributed by atoms with Crippen molar-refractivity contribution < 1.29 is 13.9 Å². The fourth-order valence-electron chi connectivity index (χ4n) is 5.23. The number of piperidine rings is 1. The number of likely N-dealkylation sites (tertiary alicyclic amines) is 2. The van der Waals surface area contributed by atoms with Crippen molar-refractivity contribution in [2.45, 2.75) is 44.3 Å². The molecule has 4 heterocycles. The van der Waals surface area contributed by atoms with Crippen LogP contribution in [0, 0.1) is 11.7 Å². The van der Waals surface area contributed by atoms with Crippen LogP contribution in [-0.2, 0) is 28.2 Å². The summed E-state index contributed by atoms with van der Waals surface area (Å²) in [5.41, 5.74) is 4.61. The Kier molecular flexibility index (Phi) is 5.60. The molecule has 0 radical (unpaired) electrons. The van der Waals surface area contributed by atoms with Crippen LogP contribution in [0.4, 0.5) is 4.39 Å². The van der Waals surface area contributed by atoms with Crippen LogP contribution in [0.25, 0.3) is 0 Å². The molecule has 1 spiro atoms. The molecular weight excluding hydrogens is 401 g/mol. The van der Waals surface area contributed by atoms with Crippen molar-refractivity contribution in [2.24, 2.45) is 5.92 Å². The van der Waals surface area contributed by atoms with E-state index in [0.29, 0.717) is 13.0 Å². The summed E-state index contributed by atoms with van der Waals surface area (Å²) in [6.07, 6.45) is 4.59. The molecule has 7 heteroatoms. The van der Waals surface area contributed by atoms with Crippen LogP contribution in [0.5, 0.6) is 0 Å². The van der Waals surface area contributed by atoms with Gasteiger partial charge in [0.1, 0.15) is 5.82 Å². The van der Waals surface area contributed by atoms with Crippen LogP contribution in [0.1, 0.15) is 42.5 Å². The van der Waals surface area contributed by atoms with Gasteiger partial charge >= 0.3 is 0 Å². The fraction of sp³-hybridized carbons (Fsp3) is 0.565. The number of aromatic nitrogens is 1. The van der Waals surface area contributed by atoms with Crippen LogP contribution < -0.4 is 0 Å². The molecule has 160 valence electrons. The molecule has 3 aliphatic rings. The molecule has 0 saturated carbocycles. The third kappa shape index (κ3) is 3.90. The second kappa shape index (κ2) is 8.36. The predicted octanol–water partition coefficient (Wildman–Crippen LogP) is 3.58. The van der Waals surface area contributed by atoms with Gasteiger partial charge < -0.3 is 14.5 Å². The van der Waals surface area contributed by atoms with Gasteiger partial charge in [0.05, 0.1) is 29.3 Å². The predicted molar refractivity (Wildman–Crippen MR) is 114 cm³/mol. The molecular formula is C23H28FN3O2S. The Morgan fingerprint density at radius 1 is 1.23 bits per heavy atom. The molecule has 2 aromatic rings. The minimum absolute atomic E-state index is 0.0616. The van der Waals surface area contributed by atoms with E-state index < -0.39 is 0 Å². The third-order valence-electron chi connectivity index (χ3n) is 6.92. The van der Waals surface area contributed by atoms with Gasteiger partial charge in [-0.3, -0.25) is 4.79 Å². The monoisotopic (exact) mass is 429 g/mol. The molecule has 3 aliphatic heterocycles. The zero-order chi connectivity index (χ0) is 20.6. The smallest absolute Gasteiger partial charge is 0.227 e. The zero-order valence-electron chi connectivity index (χ0n) is 17.2. The number of amides is 1. The van der Waals surface area contributed by atoms with E-state index >= 15 is 0 Å². The Labute approximate surface area is 180 Å². The number of nitrogens with zero attached hydrogens (tertiary/aromatic N) is 3. The maximum atomic E-state index is 13.9. The van der Waals surface area contributed by atoms with Crippen LogP contribution >= 0.6 is 11.3 Å². The summed E-state index contributed by atoms with van der Waals surface area (Å²) in [5.74, 6) is 0.0133. The summed E-state index contributed by atoms with van der Waals surface area (Å²) < 4.78 is 20.0. The van der Waals surface area contributed by atoms with E-state index in [0.717, 1.165) is 75.2 Å². The van der Waals surface area contributed by atoms with Crippen molar-refractivity contribution >= 4 is 17.2 Å². The molecule has 0 N–H and O–H groups in total. The maximum Gasteiger partial charge on any atom is 0.227 e. The number of carbonyl (C=O) groups excluding carboxylic acids is 1. The number of ether oxygens (including phenoxy) is 1. The lowest BCUT2D eigenvalue weighted by Crippen LogP contribution is -2.47. The normalized spacial score (nSPS) is 21.8. The zero-order valence-corrected chi connectivity index (χ0v) is 18.0. The Morgan fingerprint density at radius 3 is 2.77 bits per heavy atom. The molecule has 2 fully saturated rings. The van der Waals surface area contributed by atoms with E-state index in [2.05, 4.69) is 9.88 Å². The molecule has 1 atom stereocenters. The Hall–Kier alpha value is -1.83. The molecule has 30 heavy (non-hydrogen) atoms. The summed E-state index contributed by atoms with van der Waals surface area (Å²) in [5, 5.41) is 2.05. The standard InChI is InChI=1S/C23H28FN3O2S/c24-19-4-3-17-14-29-23(21(17)12-19)5-9-26(10-6-23)13-18(11-20-15-30-16-25-20)22(28)27-7-1-2-8-27/h3-4,12,15-16,18H,1-2,5-11,13-14H2. The van der Waals surface area contributed by atoms with E-state index in [1.165, 1.54) is 6.07 Å². The van der Waals surface area contributed by atoms with Gasteiger partial charge in [-0.1, -0.05) is 6.07 Å². The highest BCUT2D eigenvalue weighted by molar-refractivity contribution is 7.07. The second-order valence-electron chi connectivity index (χ2n) is 8.80. The van der Waals surface area contributed by atoms with Gasteiger partial charge in [-0.2, -0.15) is 0 Å². The minimum Gasteiger partial charge on any atom is -0.365 e. The number of fused-ring (bicyclic) bond motifs is 2. The van der Waals surface area contributed by atoms with Crippen LogP contribution in [0.2, 0.25) is 0 Å². The number of thiazole rings is 1. The maximum absolute atomic E-state index is 13.9. The van der Waals surface area contributed by atoms with E-state index in [-0.39, 0.29) is 23.2 Å². The van der Waals surface area contributed by atoms with Gasteiger partial charge in [0.15, 0.2) is 0 Å². The highest BCUT2D eigenvalue weighted by Crippen LogP contribution is 2.44. The average molecular weight is 430 g/mol. The molecule has 1 amide bonds. The number of hydrogen-bond donors (Lipinski definition) is 0. The highest BCUT2D eigenvalue weighted by Gasteiger charge is 2.43. The largest absolute Gasteiger partial charge is 0.365 e. The molecule has 1 aromatic carbocycles. The van der Waals surface area contributed by atoms with Gasteiger partial charge in [0.2, 0.25) is 5.91 Å². The Balaban J connectivity index is 1.27. The first kappa shape index (κ1) is 20.1. The summed E-state index contributed by atoms with van der Waals surface area (Å²) in [7, 11) is 0. The highest BCUT2D eigenvalue weighted by atomic mass is 32.1. The number of hydrogen-bond acceptors (Lipinski definition) is 5. The first-order valence-electron chi connectivity index (χ1n) is 10.9. The van der Waals surface area contributed by atoms with Crippen LogP contribution in [0.15, 0.2) is 29.1 Å². The quantitative estimate of drug-likeness (QED) is 0.729. The molecule has 1 unspecified atom stereocenters. The number of benzene rings is 1. The van der Waals surface area contributed by atoms with Gasteiger partial charge in [0.25, 0.3) is 0 Å². The molecule has 1 aromatic heterocycles. The topological polar surface area (TPSA) is 45.7 Å². The molecule has 0 aliphatic carbocycles. The first-order chi connectivity index (χ1) is 14.6. The van der Waals surface area contributed by atoms with Crippen molar-refractivity contribution in [3.05, 3.63) is 51.7 Å². The van der Waals surface area contributed by atoms with Crippen molar-refractivity contribution in [3.63, 3.8) is 0 Å². The van der Waals surface area contributed by atoms with E-state index in [1.54, 1.807) is 17.4 Å². The van der Waals surface area contributed by atoms with E-state index in [1.807, 2.05) is 21.9 Å². The lowest BCUT2D eigenvalue weighted by molar-refractivity contribution is -0.135. The van der Waals surface area contributed by atoms with Gasteiger partial charge in [-0.15, -0.1) is 11.3 Å². The number of carbonyl (C=O) groups is 1.